The zero-order valence-electron chi connectivity index (χ0n) is 16.4. The Bertz CT molecular complexity index is 936. The zero-order chi connectivity index (χ0) is 20.1. The standard InChI is InChI=1S/C22H24ClN3O2/c1-4-28-19-12-10-18(11-13-19)14-25(3)22(27)20-16(2)24-26(21(20)23)15-17-8-6-5-7-9-17/h5-13H,4,14-15H2,1-3H3. The van der Waals surface area contributed by atoms with Crippen molar-refractivity contribution >= 4 is 17.5 Å². The van der Waals surface area contributed by atoms with Crippen molar-refractivity contribution in [3.05, 3.63) is 82.1 Å². The molecule has 0 aliphatic heterocycles. The molecule has 0 saturated carbocycles. The van der Waals surface area contributed by atoms with E-state index < -0.39 is 0 Å². The number of nitrogens with zero attached hydrogens (tertiary/aromatic N) is 3. The normalized spacial score (nSPS) is 10.7. The molecular weight excluding hydrogens is 374 g/mol. The molecule has 0 saturated heterocycles. The largest absolute Gasteiger partial charge is 0.494 e. The third-order valence-electron chi connectivity index (χ3n) is 4.46. The summed E-state index contributed by atoms with van der Waals surface area (Å²) in [5, 5.41) is 4.83. The van der Waals surface area contributed by atoms with Crippen molar-refractivity contribution in [2.75, 3.05) is 13.7 Å². The number of halogens is 1. The van der Waals surface area contributed by atoms with Crippen LogP contribution in [0.25, 0.3) is 0 Å². The Morgan fingerprint density at radius 1 is 1.11 bits per heavy atom. The predicted octanol–water partition coefficient (Wildman–Crippen LogP) is 4.56. The van der Waals surface area contributed by atoms with Crippen molar-refractivity contribution in [3.63, 3.8) is 0 Å². The second kappa shape index (κ2) is 8.93. The van der Waals surface area contributed by atoms with Crippen molar-refractivity contribution < 1.29 is 9.53 Å². The fourth-order valence-corrected chi connectivity index (χ4v) is 3.37. The van der Waals surface area contributed by atoms with Crippen molar-refractivity contribution in [2.45, 2.75) is 26.9 Å². The van der Waals surface area contributed by atoms with Crippen molar-refractivity contribution in [1.82, 2.24) is 14.7 Å². The van der Waals surface area contributed by atoms with Crippen LogP contribution < -0.4 is 4.74 Å². The Balaban J connectivity index is 1.74. The Morgan fingerprint density at radius 3 is 2.43 bits per heavy atom. The highest BCUT2D eigenvalue weighted by atomic mass is 35.5. The van der Waals surface area contributed by atoms with Gasteiger partial charge in [0.25, 0.3) is 5.91 Å². The van der Waals surface area contributed by atoms with Crippen molar-refractivity contribution in [1.29, 1.82) is 0 Å². The molecule has 1 amide bonds. The molecule has 0 fully saturated rings. The molecule has 0 unspecified atom stereocenters. The molecule has 28 heavy (non-hydrogen) atoms. The number of aromatic nitrogens is 2. The maximum atomic E-state index is 13.0. The van der Waals surface area contributed by atoms with Gasteiger partial charge >= 0.3 is 0 Å². The van der Waals surface area contributed by atoms with E-state index in [-0.39, 0.29) is 5.91 Å². The van der Waals surface area contributed by atoms with E-state index in [2.05, 4.69) is 5.10 Å². The summed E-state index contributed by atoms with van der Waals surface area (Å²) in [7, 11) is 1.77. The molecule has 146 valence electrons. The molecule has 0 spiro atoms. The summed E-state index contributed by atoms with van der Waals surface area (Å²) in [4.78, 5) is 14.6. The summed E-state index contributed by atoms with van der Waals surface area (Å²) >= 11 is 6.51. The summed E-state index contributed by atoms with van der Waals surface area (Å²) < 4.78 is 7.13. The molecule has 2 aromatic carbocycles. The summed E-state index contributed by atoms with van der Waals surface area (Å²) in [5.41, 5.74) is 3.17. The molecule has 0 N–H and O–H groups in total. The smallest absolute Gasteiger partial charge is 0.258 e. The van der Waals surface area contributed by atoms with Gasteiger partial charge in [-0.1, -0.05) is 54.1 Å². The van der Waals surface area contributed by atoms with Gasteiger partial charge in [0.2, 0.25) is 0 Å². The van der Waals surface area contributed by atoms with Crippen molar-refractivity contribution in [3.8, 4) is 5.75 Å². The molecule has 1 heterocycles. The molecule has 0 radical (unpaired) electrons. The minimum atomic E-state index is -0.143. The number of amides is 1. The van der Waals surface area contributed by atoms with E-state index in [0.717, 1.165) is 16.9 Å². The third-order valence-corrected chi connectivity index (χ3v) is 4.84. The highest BCUT2D eigenvalue weighted by molar-refractivity contribution is 6.33. The molecule has 0 aliphatic rings. The van der Waals surface area contributed by atoms with Gasteiger partial charge in [0, 0.05) is 13.6 Å². The van der Waals surface area contributed by atoms with Gasteiger partial charge in [-0.15, -0.1) is 0 Å². The number of rotatable bonds is 7. The Labute approximate surface area is 170 Å². The lowest BCUT2D eigenvalue weighted by Crippen LogP contribution is -2.26. The number of hydrogen-bond donors (Lipinski definition) is 0. The first kappa shape index (κ1) is 20.0. The third kappa shape index (κ3) is 4.54. The van der Waals surface area contributed by atoms with Crippen LogP contribution in [0.3, 0.4) is 0 Å². The molecule has 0 bridgehead atoms. The number of benzene rings is 2. The van der Waals surface area contributed by atoms with Crippen LogP contribution in [-0.4, -0.2) is 34.2 Å². The molecule has 0 aliphatic carbocycles. The van der Waals surface area contributed by atoms with Crippen LogP contribution in [0.5, 0.6) is 5.75 Å². The summed E-state index contributed by atoms with van der Waals surface area (Å²) in [5.74, 6) is 0.678. The highest BCUT2D eigenvalue weighted by Crippen LogP contribution is 2.23. The average molecular weight is 398 g/mol. The van der Waals surface area contributed by atoms with E-state index in [4.69, 9.17) is 16.3 Å². The maximum Gasteiger partial charge on any atom is 0.258 e. The van der Waals surface area contributed by atoms with Crippen LogP contribution in [0.1, 0.15) is 34.1 Å². The van der Waals surface area contributed by atoms with E-state index in [1.807, 2.05) is 68.4 Å². The molecule has 6 heteroatoms. The lowest BCUT2D eigenvalue weighted by Gasteiger charge is -2.17. The lowest BCUT2D eigenvalue weighted by atomic mass is 10.2. The topological polar surface area (TPSA) is 47.4 Å². The fourth-order valence-electron chi connectivity index (χ4n) is 3.05. The Hall–Kier alpha value is -2.79. The second-order valence-electron chi connectivity index (χ2n) is 6.63. The van der Waals surface area contributed by atoms with Crippen LogP contribution in [0, 0.1) is 6.92 Å². The lowest BCUT2D eigenvalue weighted by molar-refractivity contribution is 0.0784. The quantitative estimate of drug-likeness (QED) is 0.587. The SMILES string of the molecule is CCOc1ccc(CN(C)C(=O)c2c(C)nn(Cc3ccccc3)c2Cl)cc1. The summed E-state index contributed by atoms with van der Waals surface area (Å²) in [6.45, 7) is 5.39. The van der Waals surface area contributed by atoms with Crippen LogP contribution in [0.4, 0.5) is 0 Å². The van der Waals surface area contributed by atoms with Gasteiger partial charge in [-0.25, -0.2) is 4.68 Å². The summed E-state index contributed by atoms with van der Waals surface area (Å²) in [6.07, 6.45) is 0. The number of carbonyl (C=O) groups excluding carboxylic acids is 1. The summed E-state index contributed by atoms with van der Waals surface area (Å²) in [6, 6.07) is 17.7. The first-order valence-electron chi connectivity index (χ1n) is 9.23. The van der Waals surface area contributed by atoms with Crippen LogP contribution in [-0.2, 0) is 13.1 Å². The monoisotopic (exact) mass is 397 g/mol. The van der Waals surface area contributed by atoms with Gasteiger partial charge in [-0.2, -0.15) is 5.10 Å². The van der Waals surface area contributed by atoms with Crippen LogP contribution in [0.15, 0.2) is 54.6 Å². The highest BCUT2D eigenvalue weighted by Gasteiger charge is 2.23. The maximum absolute atomic E-state index is 13.0. The minimum Gasteiger partial charge on any atom is -0.494 e. The number of hydrogen-bond acceptors (Lipinski definition) is 3. The molecule has 3 rings (SSSR count). The first-order valence-corrected chi connectivity index (χ1v) is 9.61. The van der Waals surface area contributed by atoms with Crippen molar-refractivity contribution in [2.24, 2.45) is 0 Å². The van der Waals surface area contributed by atoms with Gasteiger partial charge in [0.05, 0.1) is 24.4 Å². The van der Waals surface area contributed by atoms with E-state index in [9.17, 15) is 4.79 Å². The molecule has 3 aromatic rings. The van der Waals surface area contributed by atoms with E-state index in [1.165, 1.54) is 0 Å². The average Bonchev–Trinajstić information content (AvgIpc) is 2.97. The van der Waals surface area contributed by atoms with Crippen LogP contribution in [0.2, 0.25) is 5.15 Å². The van der Waals surface area contributed by atoms with Gasteiger partial charge in [-0.05, 0) is 37.1 Å². The molecule has 5 nitrogen and oxygen atoms in total. The molecule has 0 atom stereocenters. The van der Waals surface area contributed by atoms with Gasteiger partial charge in [0.15, 0.2) is 0 Å². The van der Waals surface area contributed by atoms with Gasteiger partial charge in [0.1, 0.15) is 10.9 Å². The van der Waals surface area contributed by atoms with Crippen LogP contribution >= 0.6 is 11.6 Å². The first-order chi connectivity index (χ1) is 13.5. The predicted molar refractivity (Wildman–Crippen MR) is 111 cm³/mol. The van der Waals surface area contributed by atoms with E-state index in [0.29, 0.717) is 36.1 Å². The Kier molecular flexibility index (Phi) is 6.37. The fraction of sp³-hybridized carbons (Fsp3) is 0.273. The zero-order valence-corrected chi connectivity index (χ0v) is 17.1. The molecule has 1 aromatic heterocycles. The Morgan fingerprint density at radius 2 is 1.79 bits per heavy atom. The number of carbonyl (C=O) groups is 1. The molecular formula is C22H24ClN3O2. The number of aryl methyl sites for hydroxylation is 1. The van der Waals surface area contributed by atoms with Gasteiger partial charge < -0.3 is 9.64 Å². The van der Waals surface area contributed by atoms with E-state index >= 15 is 0 Å². The second-order valence-corrected chi connectivity index (χ2v) is 6.99. The number of ether oxygens (including phenoxy) is 1. The van der Waals surface area contributed by atoms with Gasteiger partial charge in [-0.3, -0.25) is 4.79 Å². The van der Waals surface area contributed by atoms with E-state index in [1.54, 1.807) is 16.6 Å². The minimum absolute atomic E-state index is 0.143.